The second kappa shape index (κ2) is 5.27. The Balaban J connectivity index is 1.90. The predicted molar refractivity (Wildman–Crippen MR) is 67.2 cm³/mol. The average molecular weight is 272 g/mol. The molecule has 2 aliphatic heterocycles. The van der Waals surface area contributed by atoms with Gasteiger partial charge in [0.2, 0.25) is 4.75 Å². The topological polar surface area (TPSA) is 91.0 Å². The molecule has 1 fully saturated rings. The van der Waals surface area contributed by atoms with Crippen molar-refractivity contribution in [1.82, 2.24) is 0 Å². The highest BCUT2D eigenvalue weighted by molar-refractivity contribution is 8.16. The molecular weight excluding hydrogens is 256 g/mol. The molecule has 0 saturated carbocycles. The zero-order valence-corrected chi connectivity index (χ0v) is 11.0. The van der Waals surface area contributed by atoms with Crippen LogP contribution in [0.2, 0.25) is 0 Å². The van der Waals surface area contributed by atoms with Gasteiger partial charge in [-0.3, -0.25) is 4.79 Å². The Labute approximate surface area is 109 Å². The highest BCUT2D eigenvalue weighted by Crippen LogP contribution is 2.42. The number of unbranched alkanes of at least 4 members (excludes halogenated alkanes) is 1. The van der Waals surface area contributed by atoms with Crippen molar-refractivity contribution >= 4 is 28.8 Å². The van der Waals surface area contributed by atoms with Crippen LogP contribution >= 0.6 is 11.8 Å². The Morgan fingerprint density at radius 3 is 3.00 bits per heavy atom. The SMILES string of the molecule is CCCCOC[C@H]1C[C@]2(SC(N)=NC2=O)C(=O)O1. The summed E-state index contributed by atoms with van der Waals surface area (Å²) in [6, 6.07) is 0. The molecule has 2 heterocycles. The highest BCUT2D eigenvalue weighted by Gasteiger charge is 2.59. The molecule has 7 heteroatoms. The summed E-state index contributed by atoms with van der Waals surface area (Å²) in [5.74, 6) is -1.06. The Morgan fingerprint density at radius 2 is 2.39 bits per heavy atom. The third-order valence-corrected chi connectivity index (χ3v) is 4.06. The number of rotatable bonds is 5. The van der Waals surface area contributed by atoms with Gasteiger partial charge in [0.15, 0.2) is 5.17 Å². The summed E-state index contributed by atoms with van der Waals surface area (Å²) in [6.45, 7) is 3.03. The van der Waals surface area contributed by atoms with Crippen molar-refractivity contribution in [3.8, 4) is 0 Å². The van der Waals surface area contributed by atoms with E-state index in [1.165, 1.54) is 0 Å². The molecule has 0 unspecified atom stereocenters. The number of cyclic esters (lactones) is 1. The van der Waals surface area contributed by atoms with Crippen LogP contribution in [0.5, 0.6) is 0 Å². The van der Waals surface area contributed by atoms with Gasteiger partial charge in [-0.05, 0) is 6.42 Å². The number of amidine groups is 1. The summed E-state index contributed by atoms with van der Waals surface area (Å²) < 4.78 is 9.32. The van der Waals surface area contributed by atoms with E-state index < -0.39 is 16.6 Å². The lowest BCUT2D eigenvalue weighted by Gasteiger charge is -2.12. The Hall–Kier alpha value is -1.08. The van der Waals surface area contributed by atoms with Crippen molar-refractivity contribution < 1.29 is 19.1 Å². The summed E-state index contributed by atoms with van der Waals surface area (Å²) in [4.78, 5) is 27.1. The summed E-state index contributed by atoms with van der Waals surface area (Å²) in [5, 5.41) is 0.129. The molecule has 2 aliphatic rings. The first kappa shape index (κ1) is 13.4. The van der Waals surface area contributed by atoms with E-state index in [9.17, 15) is 9.59 Å². The van der Waals surface area contributed by atoms with Gasteiger partial charge in [0.25, 0.3) is 5.91 Å². The van der Waals surface area contributed by atoms with Crippen molar-refractivity contribution in [2.45, 2.75) is 37.0 Å². The molecule has 6 nitrogen and oxygen atoms in total. The fraction of sp³-hybridized carbons (Fsp3) is 0.727. The quantitative estimate of drug-likeness (QED) is 0.444. The number of amides is 1. The van der Waals surface area contributed by atoms with E-state index in [-0.39, 0.29) is 17.7 Å². The number of esters is 1. The number of hydrogen-bond donors (Lipinski definition) is 1. The summed E-state index contributed by atoms with van der Waals surface area (Å²) in [5.41, 5.74) is 5.48. The van der Waals surface area contributed by atoms with Crippen LogP contribution in [0.1, 0.15) is 26.2 Å². The Morgan fingerprint density at radius 1 is 1.61 bits per heavy atom. The molecule has 0 aromatic carbocycles. The molecule has 100 valence electrons. The van der Waals surface area contributed by atoms with Crippen LogP contribution in [0, 0.1) is 0 Å². The maximum Gasteiger partial charge on any atom is 0.333 e. The van der Waals surface area contributed by atoms with Crippen LogP contribution in [0.4, 0.5) is 0 Å². The van der Waals surface area contributed by atoms with Gasteiger partial charge in [0.1, 0.15) is 6.10 Å². The zero-order valence-electron chi connectivity index (χ0n) is 10.2. The molecular formula is C11H16N2O4S. The predicted octanol–water partition coefficient (Wildman–Crippen LogP) is 0.445. The lowest BCUT2D eigenvalue weighted by Crippen LogP contribution is -2.36. The summed E-state index contributed by atoms with van der Waals surface area (Å²) in [6.07, 6.45) is 1.92. The van der Waals surface area contributed by atoms with E-state index in [1.54, 1.807) is 0 Å². The first-order valence-corrected chi connectivity index (χ1v) is 6.76. The monoisotopic (exact) mass is 272 g/mol. The van der Waals surface area contributed by atoms with Crippen LogP contribution in [0.25, 0.3) is 0 Å². The lowest BCUT2D eigenvalue weighted by atomic mass is 10.0. The second-order valence-electron chi connectivity index (χ2n) is 4.34. The van der Waals surface area contributed by atoms with Crippen LogP contribution in [0.3, 0.4) is 0 Å². The molecule has 1 amide bonds. The highest BCUT2D eigenvalue weighted by atomic mass is 32.2. The van der Waals surface area contributed by atoms with Gasteiger partial charge in [0, 0.05) is 13.0 Å². The number of carbonyl (C=O) groups is 2. The van der Waals surface area contributed by atoms with E-state index in [1.807, 2.05) is 0 Å². The van der Waals surface area contributed by atoms with Crippen LogP contribution in [0.15, 0.2) is 4.99 Å². The van der Waals surface area contributed by atoms with E-state index in [0.29, 0.717) is 13.2 Å². The Bertz CT molecular complexity index is 399. The molecule has 1 spiro atoms. The fourth-order valence-electron chi connectivity index (χ4n) is 1.94. The zero-order chi connectivity index (χ0) is 13.2. The minimum absolute atomic E-state index is 0.129. The standard InChI is InChI=1S/C11H16N2O4S/c1-2-3-4-16-6-7-5-11(9(15)17-7)8(14)13-10(12)18-11/h7H,2-6H2,1H3,(H2,12,13,14)/t7-,11-/m1/s1. The number of nitrogens with two attached hydrogens (primary N) is 1. The van der Waals surface area contributed by atoms with Crippen molar-refractivity contribution in [2.75, 3.05) is 13.2 Å². The number of nitrogens with zero attached hydrogens (tertiary/aromatic N) is 1. The van der Waals surface area contributed by atoms with Crippen molar-refractivity contribution in [3.63, 3.8) is 0 Å². The van der Waals surface area contributed by atoms with E-state index in [2.05, 4.69) is 11.9 Å². The molecule has 0 bridgehead atoms. The first-order valence-electron chi connectivity index (χ1n) is 5.95. The van der Waals surface area contributed by atoms with Gasteiger partial charge in [0.05, 0.1) is 6.61 Å². The number of hydrogen-bond acceptors (Lipinski definition) is 6. The lowest BCUT2D eigenvalue weighted by molar-refractivity contribution is -0.146. The number of ether oxygens (including phenoxy) is 2. The minimum Gasteiger partial charge on any atom is -0.458 e. The van der Waals surface area contributed by atoms with Gasteiger partial charge in [-0.15, -0.1) is 0 Å². The van der Waals surface area contributed by atoms with Crippen molar-refractivity contribution in [2.24, 2.45) is 10.7 Å². The third kappa shape index (κ3) is 2.37. The van der Waals surface area contributed by atoms with Crippen molar-refractivity contribution in [3.05, 3.63) is 0 Å². The van der Waals surface area contributed by atoms with E-state index >= 15 is 0 Å². The molecule has 2 rings (SSSR count). The smallest absolute Gasteiger partial charge is 0.333 e. The fourth-order valence-corrected chi connectivity index (χ4v) is 2.96. The maximum absolute atomic E-state index is 11.8. The van der Waals surface area contributed by atoms with Gasteiger partial charge in [-0.2, -0.15) is 4.99 Å². The normalized spacial score (nSPS) is 30.9. The third-order valence-electron chi connectivity index (χ3n) is 2.90. The summed E-state index contributed by atoms with van der Waals surface area (Å²) >= 11 is 0.987. The number of thioether (sulfide) groups is 1. The van der Waals surface area contributed by atoms with Crippen LogP contribution in [-0.4, -0.2) is 41.1 Å². The average Bonchev–Trinajstić information content (AvgIpc) is 2.77. The maximum atomic E-state index is 11.8. The first-order chi connectivity index (χ1) is 8.58. The summed E-state index contributed by atoms with van der Waals surface area (Å²) in [7, 11) is 0. The molecule has 0 radical (unpaired) electrons. The number of aliphatic imine (C=N–C) groups is 1. The molecule has 0 aliphatic carbocycles. The Kier molecular flexibility index (Phi) is 3.91. The molecule has 0 aromatic heterocycles. The van der Waals surface area contributed by atoms with E-state index in [0.717, 1.165) is 24.6 Å². The van der Waals surface area contributed by atoms with Crippen LogP contribution < -0.4 is 5.73 Å². The largest absolute Gasteiger partial charge is 0.458 e. The van der Waals surface area contributed by atoms with Gasteiger partial charge in [-0.25, -0.2) is 4.79 Å². The molecule has 1 saturated heterocycles. The van der Waals surface area contributed by atoms with Crippen LogP contribution in [-0.2, 0) is 19.1 Å². The van der Waals surface area contributed by atoms with Gasteiger partial charge >= 0.3 is 5.97 Å². The van der Waals surface area contributed by atoms with E-state index in [4.69, 9.17) is 15.2 Å². The second-order valence-corrected chi connectivity index (χ2v) is 5.66. The molecule has 2 atom stereocenters. The molecule has 18 heavy (non-hydrogen) atoms. The van der Waals surface area contributed by atoms with Gasteiger partial charge in [-0.1, -0.05) is 25.1 Å². The number of carbonyl (C=O) groups excluding carboxylic acids is 2. The molecule has 2 N–H and O–H groups in total. The minimum atomic E-state index is -1.25. The van der Waals surface area contributed by atoms with Gasteiger partial charge < -0.3 is 15.2 Å². The van der Waals surface area contributed by atoms with Crippen molar-refractivity contribution in [1.29, 1.82) is 0 Å². The molecule has 0 aromatic rings.